The van der Waals surface area contributed by atoms with Gasteiger partial charge in [0.15, 0.2) is 0 Å². The predicted octanol–water partition coefficient (Wildman–Crippen LogP) is 21.9. The maximum atomic E-state index is 13.0. The highest BCUT2D eigenvalue weighted by atomic mass is 31.2. The fraction of sp³-hybridized carbons (Fsp3) is 0.928. The molecule has 0 rings (SSSR count). The van der Waals surface area contributed by atoms with Crippen molar-refractivity contribution >= 4 is 13.7 Å². The molecule has 0 heterocycles. The summed E-state index contributed by atoms with van der Waals surface area (Å²) in [5.41, 5.74) is 0. The van der Waals surface area contributed by atoms with Crippen molar-refractivity contribution in [2.45, 2.75) is 373 Å². The number of aliphatic hydroxyl groups excluding tert-OH is 1. The van der Waals surface area contributed by atoms with Crippen LogP contribution < -0.4 is 5.32 Å². The van der Waals surface area contributed by atoms with Gasteiger partial charge < -0.3 is 19.8 Å². The minimum absolute atomic E-state index is 0.0590. The summed E-state index contributed by atoms with van der Waals surface area (Å²) in [6, 6.07) is -0.861. The second-order valence-electron chi connectivity index (χ2n) is 25.3. The Balaban J connectivity index is 3.99. The van der Waals surface area contributed by atoms with Crippen LogP contribution in [0, 0.1) is 0 Å². The summed E-state index contributed by atoms with van der Waals surface area (Å²) in [4.78, 5) is 23.4. The van der Waals surface area contributed by atoms with Gasteiger partial charge in [0.2, 0.25) is 5.91 Å². The Kier molecular flexibility index (Phi) is 59.8. The molecule has 8 nitrogen and oxygen atoms in total. The number of phosphoric acid groups is 1. The molecule has 1 amide bonds. The third-order valence-corrected chi connectivity index (χ3v) is 17.2. The Bertz CT molecular complexity index is 1320. The van der Waals surface area contributed by atoms with E-state index in [-0.39, 0.29) is 19.1 Å². The van der Waals surface area contributed by atoms with Gasteiger partial charge in [-0.25, -0.2) is 4.57 Å². The van der Waals surface area contributed by atoms with Gasteiger partial charge in [-0.2, -0.15) is 0 Å². The van der Waals surface area contributed by atoms with Gasteiger partial charge in [0.25, 0.3) is 0 Å². The van der Waals surface area contributed by atoms with E-state index >= 15 is 0 Å². The van der Waals surface area contributed by atoms with Crippen LogP contribution in [0.25, 0.3) is 0 Å². The minimum atomic E-state index is -4.36. The lowest BCUT2D eigenvalue weighted by atomic mass is 10.0. The largest absolute Gasteiger partial charge is 0.472 e. The standard InChI is InChI=1S/C69H137N2O6P/c1-6-8-10-12-14-16-18-20-22-24-26-28-29-30-31-32-33-34-35-36-37-38-39-40-41-43-45-47-49-51-53-55-57-59-61-63-69(73)70-67(66-77-78(74,75)76-65-64-71(3,4)5)68(72)62-60-58-56-54-52-50-48-46-44-42-27-25-23-21-19-17-15-13-11-9-7-2/h52,54,60,62,67-68,72H,6-51,53,55-59,61,63-66H2,1-5H3,(H-,70,73,74,75)/p+1/b54-52+,62-60+. The molecule has 0 aromatic rings. The van der Waals surface area contributed by atoms with Crippen molar-refractivity contribution in [3.8, 4) is 0 Å². The van der Waals surface area contributed by atoms with Crippen LogP contribution in [-0.4, -0.2) is 73.4 Å². The summed E-state index contributed by atoms with van der Waals surface area (Å²) in [5.74, 6) is -0.178. The first kappa shape index (κ1) is 77.0. The highest BCUT2D eigenvalue weighted by Crippen LogP contribution is 2.43. The Morgan fingerprint density at radius 3 is 1.03 bits per heavy atom. The number of aliphatic hydroxyl groups is 1. The second-order valence-corrected chi connectivity index (χ2v) is 26.7. The first-order valence-corrected chi connectivity index (χ1v) is 36.2. The van der Waals surface area contributed by atoms with Crippen LogP contribution in [0.4, 0.5) is 0 Å². The lowest BCUT2D eigenvalue weighted by molar-refractivity contribution is -0.870. The van der Waals surface area contributed by atoms with E-state index in [2.05, 4.69) is 31.3 Å². The van der Waals surface area contributed by atoms with Crippen molar-refractivity contribution in [2.24, 2.45) is 0 Å². The van der Waals surface area contributed by atoms with Crippen LogP contribution in [0.1, 0.15) is 361 Å². The molecule has 0 bridgehead atoms. The average Bonchev–Trinajstić information content (AvgIpc) is 3.41. The number of likely N-dealkylation sites (N-methyl/N-ethyl adjacent to an activating group) is 1. The fourth-order valence-electron chi connectivity index (χ4n) is 10.8. The van der Waals surface area contributed by atoms with Crippen molar-refractivity contribution in [3.05, 3.63) is 24.3 Å². The van der Waals surface area contributed by atoms with Gasteiger partial charge in [-0.15, -0.1) is 0 Å². The molecule has 78 heavy (non-hydrogen) atoms. The van der Waals surface area contributed by atoms with Gasteiger partial charge in [0.1, 0.15) is 13.2 Å². The topological polar surface area (TPSA) is 105 Å². The van der Waals surface area contributed by atoms with Crippen LogP contribution in [0.15, 0.2) is 24.3 Å². The van der Waals surface area contributed by atoms with Gasteiger partial charge in [-0.05, 0) is 32.1 Å². The summed E-state index contributed by atoms with van der Waals surface area (Å²) in [5, 5.41) is 14.0. The quantitative estimate of drug-likeness (QED) is 0.0243. The van der Waals surface area contributed by atoms with Crippen molar-refractivity contribution in [2.75, 3.05) is 40.9 Å². The van der Waals surface area contributed by atoms with E-state index < -0.39 is 20.0 Å². The number of rotatable bonds is 65. The number of hydrogen-bond donors (Lipinski definition) is 3. The molecule has 0 fully saturated rings. The fourth-order valence-corrected chi connectivity index (χ4v) is 11.5. The maximum Gasteiger partial charge on any atom is 0.472 e. The SMILES string of the molecule is CCCCCCCCCCCCCCCCC/C=C/CC/C=C/C(O)C(COP(=O)(O)OCC[N+](C)(C)C)NC(=O)CCCCCCCCCCCCCCCCCCCCCCCCCCCCCCCCCCCCC. The first-order chi connectivity index (χ1) is 38.0. The Labute approximate surface area is 487 Å². The highest BCUT2D eigenvalue weighted by molar-refractivity contribution is 7.47. The summed E-state index contributed by atoms with van der Waals surface area (Å²) >= 11 is 0. The molecule has 0 radical (unpaired) electrons. The monoisotopic (exact) mass is 1120 g/mol. The predicted molar refractivity (Wildman–Crippen MR) is 342 cm³/mol. The van der Waals surface area contributed by atoms with E-state index in [1.807, 2.05) is 27.2 Å². The zero-order chi connectivity index (χ0) is 57.0. The van der Waals surface area contributed by atoms with Crippen molar-refractivity contribution in [1.82, 2.24) is 5.32 Å². The summed E-state index contributed by atoms with van der Waals surface area (Å²) in [6.45, 7) is 4.86. The number of allylic oxidation sites excluding steroid dienone is 3. The van der Waals surface area contributed by atoms with Crippen molar-refractivity contribution in [1.29, 1.82) is 0 Å². The third kappa shape index (κ3) is 62.6. The molecule has 0 aliphatic carbocycles. The molecule has 0 aromatic carbocycles. The van der Waals surface area contributed by atoms with Crippen LogP contribution in [0.2, 0.25) is 0 Å². The van der Waals surface area contributed by atoms with E-state index in [9.17, 15) is 19.4 Å². The van der Waals surface area contributed by atoms with Gasteiger partial charge in [-0.1, -0.05) is 346 Å². The van der Waals surface area contributed by atoms with Crippen LogP contribution in [0.5, 0.6) is 0 Å². The third-order valence-electron chi connectivity index (χ3n) is 16.2. The normalized spacial score (nSPS) is 13.8. The Hall–Kier alpha value is -1.02. The van der Waals surface area contributed by atoms with Crippen LogP contribution in [-0.2, 0) is 18.4 Å². The first-order valence-electron chi connectivity index (χ1n) is 34.7. The Morgan fingerprint density at radius 1 is 0.423 bits per heavy atom. The lowest BCUT2D eigenvalue weighted by Crippen LogP contribution is -2.45. The number of carbonyl (C=O) groups excluding carboxylic acids is 1. The minimum Gasteiger partial charge on any atom is -0.387 e. The second kappa shape index (κ2) is 60.6. The number of phosphoric ester groups is 1. The molecule has 9 heteroatoms. The van der Waals surface area contributed by atoms with Crippen LogP contribution >= 0.6 is 7.82 Å². The smallest absolute Gasteiger partial charge is 0.387 e. The van der Waals surface area contributed by atoms with E-state index in [4.69, 9.17) is 9.05 Å². The zero-order valence-corrected chi connectivity index (χ0v) is 54.1. The number of amides is 1. The molecular formula is C69H138N2O6P+. The van der Waals surface area contributed by atoms with Gasteiger partial charge in [0.05, 0.1) is 39.9 Å². The van der Waals surface area contributed by atoms with E-state index in [0.29, 0.717) is 17.4 Å². The Morgan fingerprint density at radius 2 is 0.705 bits per heavy atom. The summed E-state index contributed by atoms with van der Waals surface area (Å²) in [6.07, 6.45) is 79.1. The average molecular weight is 1120 g/mol. The molecule has 464 valence electrons. The number of nitrogens with zero attached hydrogens (tertiary/aromatic N) is 1. The van der Waals surface area contributed by atoms with Gasteiger partial charge in [-0.3, -0.25) is 13.8 Å². The number of nitrogens with one attached hydrogen (secondary N) is 1. The van der Waals surface area contributed by atoms with Gasteiger partial charge >= 0.3 is 7.82 Å². The molecule has 0 aromatic heterocycles. The number of quaternary nitrogens is 1. The van der Waals surface area contributed by atoms with Crippen molar-refractivity contribution in [3.63, 3.8) is 0 Å². The number of carbonyl (C=O) groups is 1. The molecule has 3 unspecified atom stereocenters. The summed E-state index contributed by atoms with van der Waals surface area (Å²) < 4.78 is 23.8. The molecule has 0 aliphatic rings. The maximum absolute atomic E-state index is 13.0. The molecular weight excluding hydrogens is 984 g/mol. The van der Waals surface area contributed by atoms with Gasteiger partial charge in [0, 0.05) is 6.42 Å². The number of unbranched alkanes of at least 4 members (excludes halogenated alkanes) is 50. The number of hydrogen-bond acceptors (Lipinski definition) is 5. The van der Waals surface area contributed by atoms with Crippen LogP contribution in [0.3, 0.4) is 0 Å². The lowest BCUT2D eigenvalue weighted by Gasteiger charge is -2.25. The zero-order valence-electron chi connectivity index (χ0n) is 53.2. The highest BCUT2D eigenvalue weighted by Gasteiger charge is 2.28. The summed E-state index contributed by atoms with van der Waals surface area (Å²) in [7, 11) is 1.57. The molecule has 0 saturated carbocycles. The van der Waals surface area contributed by atoms with Crippen molar-refractivity contribution < 1.29 is 32.9 Å². The molecule has 3 atom stereocenters. The molecule has 0 spiro atoms. The molecule has 0 aliphatic heterocycles. The molecule has 0 saturated heterocycles. The van der Waals surface area contributed by atoms with E-state index in [0.717, 1.165) is 38.5 Å². The van der Waals surface area contributed by atoms with E-state index in [1.165, 1.54) is 302 Å². The van der Waals surface area contributed by atoms with E-state index in [1.54, 1.807) is 6.08 Å². The molecule has 3 N–H and O–H groups in total.